The fourth-order valence-electron chi connectivity index (χ4n) is 0.948. The minimum absolute atomic E-state index is 0.0417. The van der Waals surface area contributed by atoms with Crippen LogP contribution in [0.25, 0.3) is 0 Å². The van der Waals surface area contributed by atoms with Crippen LogP contribution in [-0.2, 0) is 10.0 Å². The van der Waals surface area contributed by atoms with E-state index in [1.165, 1.54) is 17.4 Å². The molecule has 0 aliphatic rings. The first-order chi connectivity index (χ1) is 6.83. The molecule has 0 aromatic carbocycles. The Bertz CT molecular complexity index is 444. The predicted octanol–water partition coefficient (Wildman–Crippen LogP) is 2.36. The Balaban J connectivity index is 2.91. The van der Waals surface area contributed by atoms with E-state index < -0.39 is 23.0 Å². The number of hydrogen-bond acceptors (Lipinski definition) is 3. The lowest BCUT2D eigenvalue weighted by Gasteiger charge is -2.04. The summed E-state index contributed by atoms with van der Waals surface area (Å²) in [4.78, 5) is 0.601. The van der Waals surface area contributed by atoms with Crippen molar-refractivity contribution in [1.29, 1.82) is 0 Å². The van der Waals surface area contributed by atoms with E-state index in [0.29, 0.717) is 8.66 Å². The van der Waals surface area contributed by atoms with Crippen molar-refractivity contribution in [3.63, 3.8) is 0 Å². The van der Waals surface area contributed by atoms with Gasteiger partial charge in [-0.25, -0.2) is 21.9 Å². The van der Waals surface area contributed by atoms with E-state index in [9.17, 15) is 17.2 Å². The maximum Gasteiger partial charge on any atom is 0.251 e. The number of thiophene rings is 1. The third-order valence-corrected chi connectivity index (χ3v) is 4.79. The van der Waals surface area contributed by atoms with Gasteiger partial charge in [-0.1, -0.05) is 0 Å². The Morgan fingerprint density at radius 1 is 1.60 bits per heavy atom. The largest absolute Gasteiger partial charge is 0.251 e. The van der Waals surface area contributed by atoms with Crippen molar-refractivity contribution in [2.45, 2.75) is 18.2 Å². The molecule has 0 amide bonds. The molecular formula is C7H8BrF2NO2S2. The minimum Gasteiger partial charge on any atom is -0.209 e. The highest BCUT2D eigenvalue weighted by molar-refractivity contribution is 9.11. The molecule has 1 heterocycles. The van der Waals surface area contributed by atoms with E-state index in [4.69, 9.17) is 0 Å². The second-order valence-electron chi connectivity index (χ2n) is 2.71. The number of nitrogens with one attached hydrogen (secondary N) is 1. The first kappa shape index (κ1) is 13.0. The van der Waals surface area contributed by atoms with Gasteiger partial charge in [-0.2, -0.15) is 0 Å². The zero-order valence-corrected chi connectivity index (χ0v) is 10.8. The van der Waals surface area contributed by atoms with Crippen LogP contribution in [0.15, 0.2) is 14.7 Å². The number of sulfonamides is 1. The Morgan fingerprint density at radius 3 is 2.60 bits per heavy atom. The molecule has 0 aliphatic heterocycles. The van der Waals surface area contributed by atoms with Gasteiger partial charge in [0.1, 0.15) is 0 Å². The Morgan fingerprint density at radius 2 is 2.20 bits per heavy atom. The molecule has 0 radical (unpaired) electrons. The Kier molecular flexibility index (Phi) is 4.21. The van der Waals surface area contributed by atoms with Gasteiger partial charge in [0, 0.05) is 4.88 Å². The minimum atomic E-state index is -3.81. The zero-order valence-electron chi connectivity index (χ0n) is 7.63. The first-order valence-electron chi connectivity index (χ1n) is 3.86. The third kappa shape index (κ3) is 3.47. The van der Waals surface area contributed by atoms with E-state index in [1.54, 1.807) is 6.92 Å². The van der Waals surface area contributed by atoms with Crippen LogP contribution in [-0.4, -0.2) is 21.4 Å². The van der Waals surface area contributed by atoms with E-state index >= 15 is 0 Å². The van der Waals surface area contributed by atoms with Crippen LogP contribution in [0.2, 0.25) is 0 Å². The number of alkyl halides is 2. The van der Waals surface area contributed by atoms with Crippen LogP contribution in [0.4, 0.5) is 8.78 Å². The van der Waals surface area contributed by atoms with Gasteiger partial charge in [0.05, 0.1) is 15.2 Å². The summed E-state index contributed by atoms with van der Waals surface area (Å²) < 4.78 is 49.2. The van der Waals surface area contributed by atoms with Gasteiger partial charge in [0.2, 0.25) is 10.0 Å². The van der Waals surface area contributed by atoms with Crippen molar-refractivity contribution >= 4 is 37.3 Å². The van der Waals surface area contributed by atoms with Crippen molar-refractivity contribution < 1.29 is 17.2 Å². The monoisotopic (exact) mass is 319 g/mol. The molecule has 0 saturated heterocycles. The second-order valence-corrected chi connectivity index (χ2v) is 7.08. The van der Waals surface area contributed by atoms with Crippen LogP contribution in [0.3, 0.4) is 0 Å². The van der Waals surface area contributed by atoms with E-state index in [1.807, 2.05) is 4.72 Å². The highest BCUT2D eigenvalue weighted by atomic mass is 79.9. The molecule has 3 nitrogen and oxygen atoms in total. The summed E-state index contributed by atoms with van der Waals surface area (Å²) >= 11 is 4.37. The highest BCUT2D eigenvalue weighted by Crippen LogP contribution is 2.29. The summed E-state index contributed by atoms with van der Waals surface area (Å²) in [6.45, 7) is 0.752. The molecule has 1 N–H and O–H groups in total. The lowest BCUT2D eigenvalue weighted by atomic mass is 10.5. The van der Waals surface area contributed by atoms with E-state index in [0.717, 1.165) is 0 Å². The average Bonchev–Trinajstić information content (AvgIpc) is 2.43. The quantitative estimate of drug-likeness (QED) is 0.926. The fraction of sp³-hybridized carbons (Fsp3) is 0.429. The summed E-state index contributed by atoms with van der Waals surface area (Å²) in [6.07, 6.45) is -2.69. The molecule has 15 heavy (non-hydrogen) atoms. The molecule has 0 saturated carbocycles. The van der Waals surface area contributed by atoms with Gasteiger partial charge in [-0.3, -0.25) is 0 Å². The molecule has 0 fully saturated rings. The van der Waals surface area contributed by atoms with Crippen LogP contribution >= 0.6 is 27.3 Å². The van der Waals surface area contributed by atoms with Gasteiger partial charge >= 0.3 is 0 Å². The number of halogens is 3. The Hall–Kier alpha value is -0.0500. The van der Waals surface area contributed by atoms with Crippen LogP contribution < -0.4 is 4.72 Å². The standard InChI is InChI=1S/C7H8BrF2NO2S2/c1-4-5(2-6(8)14-4)15(12,13)11-3-7(9)10/h2,7,11H,3H2,1H3. The van der Waals surface area contributed by atoms with Gasteiger partial charge in [-0.05, 0) is 28.9 Å². The van der Waals surface area contributed by atoms with E-state index in [-0.39, 0.29) is 4.90 Å². The normalized spacial score (nSPS) is 12.3. The van der Waals surface area contributed by atoms with Gasteiger partial charge in [-0.15, -0.1) is 11.3 Å². The fourth-order valence-corrected chi connectivity index (χ4v) is 4.37. The number of rotatable bonds is 4. The smallest absolute Gasteiger partial charge is 0.209 e. The van der Waals surface area contributed by atoms with E-state index in [2.05, 4.69) is 15.9 Å². The highest BCUT2D eigenvalue weighted by Gasteiger charge is 2.20. The topological polar surface area (TPSA) is 46.2 Å². The summed E-state index contributed by atoms with van der Waals surface area (Å²) in [6, 6.07) is 1.40. The maximum absolute atomic E-state index is 11.9. The lowest BCUT2D eigenvalue weighted by molar-refractivity contribution is 0.153. The number of hydrogen-bond donors (Lipinski definition) is 1. The summed E-state index contributed by atoms with van der Waals surface area (Å²) in [5.74, 6) is 0. The molecule has 0 aliphatic carbocycles. The summed E-state index contributed by atoms with van der Waals surface area (Å²) in [7, 11) is -3.81. The molecule has 1 aromatic rings. The molecule has 1 rings (SSSR count). The lowest BCUT2D eigenvalue weighted by Crippen LogP contribution is -2.28. The Labute approximate surface area is 98.7 Å². The van der Waals surface area contributed by atoms with Crippen molar-refractivity contribution in [1.82, 2.24) is 4.72 Å². The molecule has 1 aromatic heterocycles. The molecule has 0 unspecified atom stereocenters. The van der Waals surface area contributed by atoms with Crippen molar-refractivity contribution in [2.24, 2.45) is 0 Å². The van der Waals surface area contributed by atoms with Gasteiger partial charge < -0.3 is 0 Å². The zero-order chi connectivity index (χ0) is 11.6. The number of aryl methyl sites for hydroxylation is 1. The molecule has 8 heteroatoms. The molecule has 86 valence electrons. The van der Waals surface area contributed by atoms with Crippen LogP contribution in [0.5, 0.6) is 0 Å². The van der Waals surface area contributed by atoms with Gasteiger partial charge in [0.15, 0.2) is 0 Å². The summed E-state index contributed by atoms with van der Waals surface area (Å²) in [5.41, 5.74) is 0. The van der Waals surface area contributed by atoms with Crippen LogP contribution in [0.1, 0.15) is 4.88 Å². The maximum atomic E-state index is 11.9. The molecular weight excluding hydrogens is 312 g/mol. The predicted molar refractivity (Wildman–Crippen MR) is 57.9 cm³/mol. The van der Waals surface area contributed by atoms with Crippen molar-refractivity contribution in [3.8, 4) is 0 Å². The molecule has 0 bridgehead atoms. The molecule has 0 atom stereocenters. The SMILES string of the molecule is Cc1sc(Br)cc1S(=O)(=O)NCC(F)F. The van der Waals surface area contributed by atoms with Gasteiger partial charge in [0.25, 0.3) is 6.43 Å². The first-order valence-corrected chi connectivity index (χ1v) is 6.96. The summed E-state index contributed by atoms with van der Waals surface area (Å²) in [5, 5.41) is 0. The molecule has 0 spiro atoms. The van der Waals surface area contributed by atoms with Crippen molar-refractivity contribution in [2.75, 3.05) is 6.54 Å². The van der Waals surface area contributed by atoms with Crippen molar-refractivity contribution in [3.05, 3.63) is 14.7 Å². The average molecular weight is 320 g/mol. The third-order valence-electron chi connectivity index (χ3n) is 1.56. The van der Waals surface area contributed by atoms with Crippen LogP contribution in [0, 0.1) is 6.92 Å². The second kappa shape index (κ2) is 4.86.